The summed E-state index contributed by atoms with van der Waals surface area (Å²) in [5.74, 6) is 0. The Morgan fingerprint density at radius 3 is 2.36 bits per heavy atom. The molecule has 22 heavy (non-hydrogen) atoms. The molecule has 0 radical (unpaired) electrons. The molecule has 0 bridgehead atoms. The first-order valence-corrected chi connectivity index (χ1v) is 9.39. The van der Waals surface area contributed by atoms with Crippen LogP contribution in [0.1, 0.15) is 38.3 Å². The van der Waals surface area contributed by atoms with Gasteiger partial charge in [-0.25, -0.2) is 4.21 Å². The summed E-state index contributed by atoms with van der Waals surface area (Å²) in [5.41, 5.74) is 3.10. The van der Waals surface area contributed by atoms with E-state index in [4.69, 9.17) is 4.36 Å². The molecule has 116 valence electrons. The lowest BCUT2D eigenvalue weighted by atomic mass is 9.79. The Labute approximate surface area is 133 Å². The molecule has 0 unspecified atom stereocenters. The van der Waals surface area contributed by atoms with E-state index in [2.05, 4.69) is 26.8 Å². The third kappa shape index (κ3) is 2.19. The molecule has 0 saturated heterocycles. The van der Waals surface area contributed by atoms with Gasteiger partial charge in [0.1, 0.15) is 0 Å². The van der Waals surface area contributed by atoms with E-state index in [0.717, 1.165) is 17.0 Å². The molecular weight excluding hydrogens is 290 g/mol. The molecule has 2 aromatic carbocycles. The van der Waals surface area contributed by atoms with E-state index in [9.17, 15) is 4.21 Å². The second-order valence-corrected chi connectivity index (χ2v) is 8.97. The highest BCUT2D eigenvalue weighted by Crippen LogP contribution is 2.46. The van der Waals surface area contributed by atoms with Gasteiger partial charge in [0.2, 0.25) is 0 Å². The SMILES string of the molecule is CC[C@H]1C(C)(C)c2ccccc2N=[S@@]1(=O)c1ccc(C)cc1. The van der Waals surface area contributed by atoms with Crippen molar-refractivity contribution in [3.63, 3.8) is 0 Å². The fourth-order valence-electron chi connectivity index (χ4n) is 3.57. The maximum Gasteiger partial charge on any atom is 0.0838 e. The van der Waals surface area contributed by atoms with Crippen LogP contribution in [-0.4, -0.2) is 9.46 Å². The summed E-state index contributed by atoms with van der Waals surface area (Å²) in [6.07, 6.45) is 0.845. The predicted molar refractivity (Wildman–Crippen MR) is 93.2 cm³/mol. The maximum absolute atomic E-state index is 13.9. The molecule has 0 spiro atoms. The fraction of sp³-hybridized carbons (Fsp3) is 0.368. The monoisotopic (exact) mass is 313 g/mol. The largest absolute Gasteiger partial charge is 0.244 e. The molecule has 0 amide bonds. The number of hydrogen-bond donors (Lipinski definition) is 0. The van der Waals surface area contributed by atoms with E-state index in [1.807, 2.05) is 49.4 Å². The van der Waals surface area contributed by atoms with Gasteiger partial charge in [-0.15, -0.1) is 0 Å². The first-order chi connectivity index (χ1) is 10.4. The van der Waals surface area contributed by atoms with Crippen LogP contribution in [0.15, 0.2) is 57.8 Å². The Morgan fingerprint density at radius 2 is 1.73 bits per heavy atom. The Kier molecular flexibility index (Phi) is 3.64. The molecule has 0 saturated carbocycles. The number of nitrogens with zero attached hydrogens (tertiary/aromatic N) is 1. The third-order valence-electron chi connectivity index (χ3n) is 4.75. The van der Waals surface area contributed by atoms with Crippen LogP contribution in [0.5, 0.6) is 0 Å². The summed E-state index contributed by atoms with van der Waals surface area (Å²) < 4.78 is 18.6. The predicted octanol–water partition coefficient (Wildman–Crippen LogP) is 5.22. The number of aryl methyl sites for hydroxylation is 1. The summed E-state index contributed by atoms with van der Waals surface area (Å²) >= 11 is 0. The van der Waals surface area contributed by atoms with E-state index in [-0.39, 0.29) is 10.7 Å². The summed E-state index contributed by atoms with van der Waals surface area (Å²) in [6.45, 7) is 8.56. The van der Waals surface area contributed by atoms with E-state index in [1.54, 1.807) is 0 Å². The molecule has 3 heteroatoms. The molecule has 1 aliphatic rings. The topological polar surface area (TPSA) is 29.4 Å². The minimum absolute atomic E-state index is 0.0117. The zero-order chi connectivity index (χ0) is 16.0. The lowest BCUT2D eigenvalue weighted by Gasteiger charge is -2.40. The van der Waals surface area contributed by atoms with Crippen LogP contribution < -0.4 is 0 Å². The second kappa shape index (κ2) is 5.24. The van der Waals surface area contributed by atoms with Crippen molar-refractivity contribution in [2.45, 2.75) is 49.7 Å². The number of rotatable bonds is 2. The highest BCUT2D eigenvalue weighted by molar-refractivity contribution is 7.94. The molecule has 2 nitrogen and oxygen atoms in total. The van der Waals surface area contributed by atoms with Gasteiger partial charge in [0.15, 0.2) is 0 Å². The van der Waals surface area contributed by atoms with Gasteiger partial charge in [0.05, 0.1) is 20.7 Å². The van der Waals surface area contributed by atoms with Gasteiger partial charge in [-0.1, -0.05) is 56.7 Å². The average Bonchev–Trinajstić information content (AvgIpc) is 2.47. The zero-order valence-corrected chi connectivity index (χ0v) is 14.5. The molecule has 2 atom stereocenters. The molecule has 0 N–H and O–H groups in total. The lowest BCUT2D eigenvalue weighted by molar-refractivity contribution is 0.469. The van der Waals surface area contributed by atoms with Gasteiger partial charge in [0.25, 0.3) is 0 Å². The Balaban J connectivity index is 2.32. The van der Waals surface area contributed by atoms with E-state index >= 15 is 0 Å². The summed E-state index contributed by atoms with van der Waals surface area (Å²) in [6, 6.07) is 16.1. The molecular formula is C19H23NOS. The van der Waals surface area contributed by atoms with E-state index in [0.29, 0.717) is 0 Å². The van der Waals surface area contributed by atoms with Gasteiger partial charge in [-0.2, -0.15) is 4.36 Å². The maximum atomic E-state index is 13.9. The molecule has 0 aromatic heterocycles. The second-order valence-electron chi connectivity index (χ2n) is 6.61. The van der Waals surface area contributed by atoms with Crippen molar-refractivity contribution >= 4 is 15.4 Å². The molecule has 2 aromatic rings. The van der Waals surface area contributed by atoms with Gasteiger partial charge in [-0.3, -0.25) is 0 Å². The smallest absolute Gasteiger partial charge is 0.0838 e. The minimum Gasteiger partial charge on any atom is -0.244 e. The van der Waals surface area contributed by atoms with Gasteiger partial charge >= 0.3 is 0 Å². The fourth-order valence-corrected chi connectivity index (χ4v) is 6.48. The van der Waals surface area contributed by atoms with Gasteiger partial charge in [-0.05, 0) is 37.1 Å². The number of fused-ring (bicyclic) bond motifs is 1. The summed E-state index contributed by atoms with van der Waals surface area (Å²) in [4.78, 5) is 0.854. The van der Waals surface area contributed by atoms with Crippen LogP contribution in [0, 0.1) is 6.92 Å². The first kappa shape index (κ1) is 15.3. The van der Waals surface area contributed by atoms with Crippen LogP contribution in [-0.2, 0) is 15.1 Å². The van der Waals surface area contributed by atoms with Crippen LogP contribution in [0.4, 0.5) is 5.69 Å². The van der Waals surface area contributed by atoms with E-state index in [1.165, 1.54) is 11.1 Å². The molecule has 0 fully saturated rings. The molecule has 1 heterocycles. The number of hydrogen-bond acceptors (Lipinski definition) is 2. The summed E-state index contributed by atoms with van der Waals surface area (Å²) in [7, 11) is -2.47. The molecule has 3 rings (SSSR count). The standard InChI is InChI=1S/C19H23NOS/c1-5-18-19(3,4)16-8-6-7-9-17(16)20-22(18,21)15-12-10-14(2)11-13-15/h6-13,18H,5H2,1-4H3/t18-,22+/m0/s1. The number of benzene rings is 2. The Hall–Kier alpha value is -1.61. The Bertz CT molecular complexity index is 812. The zero-order valence-electron chi connectivity index (χ0n) is 13.7. The van der Waals surface area contributed by atoms with Crippen molar-refractivity contribution in [3.8, 4) is 0 Å². The minimum atomic E-state index is -2.47. The summed E-state index contributed by atoms with van der Waals surface area (Å²) in [5, 5.41) is 0.0117. The first-order valence-electron chi connectivity index (χ1n) is 7.82. The van der Waals surface area contributed by atoms with Crippen LogP contribution in [0.3, 0.4) is 0 Å². The Morgan fingerprint density at radius 1 is 1.09 bits per heavy atom. The van der Waals surface area contributed by atoms with Crippen molar-refractivity contribution in [2.24, 2.45) is 4.36 Å². The molecule has 1 aliphatic heterocycles. The average molecular weight is 313 g/mol. The normalized spacial score (nSPS) is 26.1. The van der Waals surface area contributed by atoms with Crippen LogP contribution in [0.2, 0.25) is 0 Å². The van der Waals surface area contributed by atoms with Gasteiger partial charge in [0, 0.05) is 10.3 Å². The van der Waals surface area contributed by atoms with Crippen molar-refractivity contribution in [1.29, 1.82) is 0 Å². The molecule has 0 aliphatic carbocycles. The van der Waals surface area contributed by atoms with E-state index < -0.39 is 9.73 Å². The van der Waals surface area contributed by atoms with Crippen molar-refractivity contribution < 1.29 is 4.21 Å². The van der Waals surface area contributed by atoms with Crippen molar-refractivity contribution in [2.75, 3.05) is 0 Å². The van der Waals surface area contributed by atoms with Crippen LogP contribution >= 0.6 is 0 Å². The van der Waals surface area contributed by atoms with Crippen molar-refractivity contribution in [1.82, 2.24) is 0 Å². The van der Waals surface area contributed by atoms with Crippen LogP contribution in [0.25, 0.3) is 0 Å². The van der Waals surface area contributed by atoms with Crippen molar-refractivity contribution in [3.05, 3.63) is 59.7 Å². The highest BCUT2D eigenvalue weighted by atomic mass is 32.2. The van der Waals surface area contributed by atoms with Gasteiger partial charge < -0.3 is 0 Å². The lowest BCUT2D eigenvalue weighted by Crippen LogP contribution is -2.41. The third-order valence-corrected chi connectivity index (χ3v) is 7.86. The quantitative estimate of drug-likeness (QED) is 0.747. The highest BCUT2D eigenvalue weighted by Gasteiger charge is 2.43.